The molecule has 0 saturated carbocycles. The molecule has 0 heterocycles. The molecule has 13 heavy (non-hydrogen) atoms. The third kappa shape index (κ3) is 3.43. The van der Waals surface area contributed by atoms with Crippen molar-refractivity contribution in [3.63, 3.8) is 0 Å². The van der Waals surface area contributed by atoms with E-state index in [1.807, 2.05) is 0 Å². The molecule has 0 aromatic rings. The summed E-state index contributed by atoms with van der Waals surface area (Å²) in [5.74, 6) is 0. The first kappa shape index (κ1) is 12.6. The van der Waals surface area contributed by atoms with E-state index in [-0.39, 0.29) is 6.61 Å². The molecule has 0 fully saturated rings. The first-order chi connectivity index (χ1) is 5.87. The lowest BCUT2D eigenvalue weighted by Crippen LogP contribution is -2.55. The fourth-order valence-corrected chi connectivity index (χ4v) is 1.53. The number of hydrogen-bond acceptors (Lipinski definition) is 5. The molecule has 0 aromatic carbocycles. The Balaban J connectivity index is 4.62. The van der Waals surface area contributed by atoms with Crippen LogP contribution in [-0.4, -0.2) is 20.0 Å². The Bertz CT molecular complexity index is 269. The van der Waals surface area contributed by atoms with Crippen LogP contribution >= 0.6 is 0 Å². The van der Waals surface area contributed by atoms with Gasteiger partial charge in [-0.2, -0.15) is 8.42 Å². The molecule has 0 aromatic heterocycles. The molecule has 0 bridgehead atoms. The second kappa shape index (κ2) is 4.71. The summed E-state index contributed by atoms with van der Waals surface area (Å²) in [7, 11) is -3.92. The zero-order chi connectivity index (χ0) is 10.5. The summed E-state index contributed by atoms with van der Waals surface area (Å²) >= 11 is 0. The molecule has 0 radical (unpaired) electrons. The summed E-state index contributed by atoms with van der Waals surface area (Å²) in [5, 5.41) is 0. The highest BCUT2D eigenvalue weighted by molar-refractivity contribution is 7.88. The Kier molecular flexibility index (Phi) is 4.55. The van der Waals surface area contributed by atoms with Crippen LogP contribution in [0.4, 0.5) is 0 Å². The lowest BCUT2D eigenvalue weighted by atomic mass is 10.4. The van der Waals surface area contributed by atoms with E-state index in [0.29, 0.717) is 6.42 Å². The average Bonchev–Trinajstić information content (AvgIpc) is 2.00. The molecule has 0 aliphatic heterocycles. The maximum Gasteiger partial charge on any atom is 0.304 e. The largest absolute Gasteiger partial charge is 0.304 e. The monoisotopic (exact) mass is 208 g/mol. The minimum absolute atomic E-state index is 0.0933. The van der Waals surface area contributed by atoms with Gasteiger partial charge in [0, 0.05) is 0 Å². The highest BCUT2D eigenvalue weighted by atomic mass is 32.2. The van der Waals surface area contributed by atoms with Gasteiger partial charge in [-0.15, -0.1) is 0 Å². The van der Waals surface area contributed by atoms with Gasteiger partial charge in [0.25, 0.3) is 0 Å². The van der Waals surface area contributed by atoms with Gasteiger partial charge < -0.3 is 0 Å². The van der Waals surface area contributed by atoms with E-state index in [4.69, 9.17) is 11.5 Å². The fourth-order valence-electron chi connectivity index (χ4n) is 0.639. The summed E-state index contributed by atoms with van der Waals surface area (Å²) < 4.78 is 27.1. The van der Waals surface area contributed by atoms with E-state index in [1.54, 1.807) is 13.8 Å². The van der Waals surface area contributed by atoms with Crippen LogP contribution in [0.1, 0.15) is 20.3 Å². The topological polar surface area (TPSA) is 95.4 Å². The van der Waals surface area contributed by atoms with Gasteiger partial charge in [0.05, 0.1) is 6.61 Å². The standard InChI is InChI=1S/C7H16N2O3S/c1-3-5-7(8,9)13(10,11)12-6-4-2/h3,5H,4,6,8-9H2,1-2H3. The fraction of sp³-hybridized carbons (Fsp3) is 0.714. The number of hydrogen-bond donors (Lipinski definition) is 2. The maximum atomic E-state index is 11.3. The van der Waals surface area contributed by atoms with E-state index >= 15 is 0 Å². The highest BCUT2D eigenvalue weighted by Crippen LogP contribution is 2.08. The summed E-state index contributed by atoms with van der Waals surface area (Å²) in [4.78, 5) is -1.93. The van der Waals surface area contributed by atoms with Crippen molar-refractivity contribution in [1.29, 1.82) is 0 Å². The van der Waals surface area contributed by atoms with Crippen LogP contribution in [0.2, 0.25) is 0 Å². The predicted octanol–water partition coefficient (Wildman–Crippen LogP) is -0.110. The number of rotatable bonds is 5. The van der Waals surface area contributed by atoms with Crippen molar-refractivity contribution in [3.05, 3.63) is 12.2 Å². The van der Waals surface area contributed by atoms with E-state index < -0.39 is 15.1 Å². The van der Waals surface area contributed by atoms with Crippen molar-refractivity contribution >= 4 is 10.1 Å². The maximum absolute atomic E-state index is 11.3. The third-order valence-electron chi connectivity index (χ3n) is 1.30. The van der Waals surface area contributed by atoms with Crippen molar-refractivity contribution < 1.29 is 12.6 Å². The van der Waals surface area contributed by atoms with Gasteiger partial charge >= 0.3 is 10.1 Å². The van der Waals surface area contributed by atoms with Gasteiger partial charge in [-0.3, -0.25) is 15.7 Å². The minimum Gasteiger partial charge on any atom is -0.295 e. The summed E-state index contributed by atoms with van der Waals surface area (Å²) in [6.45, 7) is 3.51. The minimum atomic E-state index is -3.92. The van der Waals surface area contributed by atoms with Crippen LogP contribution in [0.25, 0.3) is 0 Å². The molecule has 6 heteroatoms. The van der Waals surface area contributed by atoms with Crippen molar-refractivity contribution in [1.82, 2.24) is 0 Å². The van der Waals surface area contributed by atoms with Gasteiger partial charge in [-0.1, -0.05) is 13.0 Å². The molecule has 0 aliphatic rings. The van der Waals surface area contributed by atoms with Gasteiger partial charge in [-0.05, 0) is 19.4 Å². The zero-order valence-electron chi connectivity index (χ0n) is 7.86. The molecule has 4 N–H and O–H groups in total. The van der Waals surface area contributed by atoms with Crippen molar-refractivity contribution in [3.8, 4) is 0 Å². The van der Waals surface area contributed by atoms with E-state index in [9.17, 15) is 8.42 Å². The normalized spacial score (nSPS) is 13.8. The van der Waals surface area contributed by atoms with Crippen LogP contribution in [-0.2, 0) is 14.3 Å². The van der Waals surface area contributed by atoms with Crippen molar-refractivity contribution in [2.75, 3.05) is 6.61 Å². The first-order valence-electron chi connectivity index (χ1n) is 3.98. The number of nitrogens with two attached hydrogens (primary N) is 2. The molecule has 0 atom stereocenters. The van der Waals surface area contributed by atoms with Crippen LogP contribution in [0.5, 0.6) is 0 Å². The molecular formula is C7H16N2O3S. The molecule has 78 valence electrons. The van der Waals surface area contributed by atoms with Crippen LogP contribution in [0.3, 0.4) is 0 Å². The molecule has 0 unspecified atom stereocenters. The van der Waals surface area contributed by atoms with Gasteiger partial charge in [0.15, 0.2) is 0 Å². The Morgan fingerprint density at radius 1 is 1.46 bits per heavy atom. The quantitative estimate of drug-likeness (QED) is 0.373. The molecule has 0 rings (SSSR count). The second-order valence-electron chi connectivity index (χ2n) is 2.63. The molecule has 5 nitrogen and oxygen atoms in total. The van der Waals surface area contributed by atoms with E-state index in [2.05, 4.69) is 4.18 Å². The Morgan fingerprint density at radius 3 is 2.38 bits per heavy atom. The first-order valence-corrected chi connectivity index (χ1v) is 5.38. The van der Waals surface area contributed by atoms with Crippen LogP contribution in [0.15, 0.2) is 12.2 Å². The predicted molar refractivity (Wildman–Crippen MR) is 51.1 cm³/mol. The smallest absolute Gasteiger partial charge is 0.295 e. The van der Waals surface area contributed by atoms with Gasteiger partial charge in [0.2, 0.25) is 4.99 Å². The molecule has 0 amide bonds. The average molecular weight is 208 g/mol. The van der Waals surface area contributed by atoms with E-state index in [0.717, 1.165) is 0 Å². The second-order valence-corrected chi connectivity index (χ2v) is 4.48. The summed E-state index contributed by atoms with van der Waals surface area (Å²) in [5.41, 5.74) is 10.6. The summed E-state index contributed by atoms with van der Waals surface area (Å²) in [6, 6.07) is 0. The highest BCUT2D eigenvalue weighted by Gasteiger charge is 2.33. The Labute approximate surface area is 78.9 Å². The van der Waals surface area contributed by atoms with Gasteiger partial charge in [0.1, 0.15) is 0 Å². The van der Waals surface area contributed by atoms with Crippen LogP contribution in [0, 0.1) is 0 Å². The Morgan fingerprint density at radius 2 is 2.00 bits per heavy atom. The third-order valence-corrected chi connectivity index (χ3v) is 2.78. The van der Waals surface area contributed by atoms with Crippen LogP contribution < -0.4 is 11.5 Å². The van der Waals surface area contributed by atoms with Crippen molar-refractivity contribution in [2.45, 2.75) is 25.3 Å². The SMILES string of the molecule is CC=CC(N)(N)S(=O)(=O)OCCC. The molecule has 0 saturated heterocycles. The molecule has 0 spiro atoms. The lowest BCUT2D eigenvalue weighted by molar-refractivity contribution is 0.305. The zero-order valence-corrected chi connectivity index (χ0v) is 8.67. The molecule has 0 aliphatic carbocycles. The molecular weight excluding hydrogens is 192 g/mol. The van der Waals surface area contributed by atoms with E-state index in [1.165, 1.54) is 12.2 Å². The lowest BCUT2D eigenvalue weighted by Gasteiger charge is -2.19. The van der Waals surface area contributed by atoms with Gasteiger partial charge in [-0.25, -0.2) is 0 Å². The summed E-state index contributed by atoms with van der Waals surface area (Å²) in [6.07, 6.45) is 3.23. The number of allylic oxidation sites excluding steroid dienone is 1. The van der Waals surface area contributed by atoms with Crippen molar-refractivity contribution in [2.24, 2.45) is 11.5 Å². The Hall–Kier alpha value is -0.430.